The molecule has 184 valence electrons. The van der Waals surface area contributed by atoms with Gasteiger partial charge >= 0.3 is 0 Å². The lowest BCUT2D eigenvalue weighted by molar-refractivity contribution is -0.125. The first-order chi connectivity index (χ1) is 17.5. The highest BCUT2D eigenvalue weighted by atomic mass is 32.1. The molecule has 4 aromatic rings. The maximum atomic E-state index is 13.7. The summed E-state index contributed by atoms with van der Waals surface area (Å²) in [6, 6.07) is 18.0. The number of thiazole rings is 1. The van der Waals surface area contributed by atoms with E-state index >= 15 is 0 Å². The number of ether oxygens (including phenoxy) is 2. The Morgan fingerprint density at radius 1 is 1.03 bits per heavy atom. The van der Waals surface area contributed by atoms with Crippen LogP contribution in [-0.2, 0) is 9.59 Å². The molecule has 9 heteroatoms. The molecule has 36 heavy (non-hydrogen) atoms. The summed E-state index contributed by atoms with van der Waals surface area (Å²) in [5, 5.41) is 3.42. The van der Waals surface area contributed by atoms with Crippen molar-refractivity contribution in [3.05, 3.63) is 78.1 Å². The first-order valence-corrected chi connectivity index (χ1v) is 12.3. The number of nitrogens with one attached hydrogen (secondary N) is 1. The molecule has 1 fully saturated rings. The molecule has 3 aromatic carbocycles. The summed E-state index contributed by atoms with van der Waals surface area (Å²) in [6.07, 6.45) is 0.566. The van der Waals surface area contributed by atoms with Crippen molar-refractivity contribution in [3.63, 3.8) is 0 Å². The number of rotatable bonds is 6. The molecular weight excluding hydrogens is 481 g/mol. The smallest absolute Gasteiger partial charge is 0.231 e. The number of hydrogen-bond donors (Lipinski definition) is 1. The Balaban J connectivity index is 1.49. The minimum absolute atomic E-state index is 0.106. The van der Waals surface area contributed by atoms with Crippen LogP contribution in [0.5, 0.6) is 11.5 Å². The van der Waals surface area contributed by atoms with Crippen LogP contribution in [0.25, 0.3) is 10.2 Å². The van der Waals surface area contributed by atoms with Gasteiger partial charge in [-0.05, 0) is 66.6 Å². The van der Waals surface area contributed by atoms with Crippen LogP contribution in [0.3, 0.4) is 0 Å². The van der Waals surface area contributed by atoms with Gasteiger partial charge in [-0.2, -0.15) is 0 Å². The summed E-state index contributed by atoms with van der Waals surface area (Å²) in [7, 11) is 3.17. The standard InChI is InChI=1S/C27H24FN3O4S/c1-34-19-9-7-18(8-10-19)31-24(32)14-12-21(25(31)16-3-5-17(28)6-4-16)26(33)30-27-29-22-13-11-20(35-2)15-23(22)36-27/h3-11,13,15,21,25H,12,14H2,1-2H3,(H,29,30,33)/t21-,25+/m1/s1. The van der Waals surface area contributed by atoms with Gasteiger partial charge in [-0.3, -0.25) is 9.59 Å². The van der Waals surface area contributed by atoms with Crippen LogP contribution >= 0.6 is 11.3 Å². The van der Waals surface area contributed by atoms with Crippen LogP contribution in [0.4, 0.5) is 15.2 Å². The second kappa shape index (κ2) is 9.94. The Labute approximate surface area is 211 Å². The lowest BCUT2D eigenvalue weighted by Crippen LogP contribution is -2.47. The van der Waals surface area contributed by atoms with E-state index in [-0.39, 0.29) is 24.1 Å². The summed E-state index contributed by atoms with van der Waals surface area (Å²) < 4.78 is 25.2. The predicted molar refractivity (Wildman–Crippen MR) is 137 cm³/mol. The average Bonchev–Trinajstić information content (AvgIpc) is 3.30. The van der Waals surface area contributed by atoms with Crippen LogP contribution < -0.4 is 19.7 Å². The summed E-state index contributed by atoms with van der Waals surface area (Å²) >= 11 is 1.35. The van der Waals surface area contributed by atoms with E-state index in [1.165, 1.54) is 23.5 Å². The first kappa shape index (κ1) is 23.7. The zero-order chi connectivity index (χ0) is 25.2. The van der Waals surface area contributed by atoms with Gasteiger partial charge in [-0.25, -0.2) is 9.37 Å². The number of anilines is 2. The maximum Gasteiger partial charge on any atom is 0.231 e. The molecule has 0 aliphatic carbocycles. The number of carbonyl (C=O) groups excluding carboxylic acids is 2. The summed E-state index contributed by atoms with van der Waals surface area (Å²) in [5.41, 5.74) is 2.07. The second-order valence-electron chi connectivity index (χ2n) is 8.45. The summed E-state index contributed by atoms with van der Waals surface area (Å²) in [6.45, 7) is 0. The highest BCUT2D eigenvalue weighted by Gasteiger charge is 2.41. The Bertz CT molecular complexity index is 1410. The number of carbonyl (C=O) groups is 2. The quantitative estimate of drug-likeness (QED) is 0.370. The minimum Gasteiger partial charge on any atom is -0.497 e. The van der Waals surface area contributed by atoms with Crippen LogP contribution in [0.1, 0.15) is 24.4 Å². The Morgan fingerprint density at radius 2 is 1.72 bits per heavy atom. The third kappa shape index (κ3) is 4.61. The molecule has 1 aliphatic heterocycles. The third-order valence-electron chi connectivity index (χ3n) is 6.32. The Kier molecular flexibility index (Phi) is 6.56. The van der Waals surface area contributed by atoms with Gasteiger partial charge < -0.3 is 19.7 Å². The van der Waals surface area contributed by atoms with E-state index in [2.05, 4.69) is 10.3 Å². The van der Waals surface area contributed by atoms with E-state index in [1.807, 2.05) is 18.2 Å². The Morgan fingerprint density at radius 3 is 2.42 bits per heavy atom. The topological polar surface area (TPSA) is 80.8 Å². The number of methoxy groups -OCH3 is 2. The number of amides is 2. The SMILES string of the molecule is COc1ccc(N2C(=O)CC[C@@H](C(=O)Nc3nc4ccc(OC)cc4s3)[C@@H]2c2ccc(F)cc2)cc1. The van der Waals surface area contributed by atoms with E-state index in [0.717, 1.165) is 10.2 Å². The number of hydrogen-bond acceptors (Lipinski definition) is 6. The van der Waals surface area contributed by atoms with Crippen LogP contribution in [-0.4, -0.2) is 31.0 Å². The molecule has 0 radical (unpaired) electrons. The second-order valence-corrected chi connectivity index (χ2v) is 9.48. The Hall–Kier alpha value is -3.98. The number of benzene rings is 3. The third-order valence-corrected chi connectivity index (χ3v) is 7.26. The molecule has 2 heterocycles. The number of halogens is 1. The van der Waals surface area contributed by atoms with Crippen molar-refractivity contribution < 1.29 is 23.5 Å². The molecule has 1 N–H and O–H groups in total. The largest absolute Gasteiger partial charge is 0.497 e. The molecule has 1 saturated heterocycles. The van der Waals surface area contributed by atoms with E-state index < -0.39 is 12.0 Å². The van der Waals surface area contributed by atoms with Crippen LogP contribution in [0.15, 0.2) is 66.7 Å². The van der Waals surface area contributed by atoms with Gasteiger partial charge in [0.2, 0.25) is 11.8 Å². The normalized spacial score (nSPS) is 17.8. The lowest BCUT2D eigenvalue weighted by atomic mass is 9.83. The van der Waals surface area contributed by atoms with Crippen molar-refractivity contribution in [3.8, 4) is 11.5 Å². The maximum absolute atomic E-state index is 13.7. The average molecular weight is 506 g/mol. The molecule has 2 atom stereocenters. The number of nitrogens with zero attached hydrogens (tertiary/aromatic N) is 2. The number of aromatic nitrogens is 1. The molecule has 1 aliphatic rings. The first-order valence-electron chi connectivity index (χ1n) is 11.4. The minimum atomic E-state index is -0.616. The molecule has 2 amide bonds. The number of piperidine rings is 1. The molecule has 5 rings (SSSR count). The highest BCUT2D eigenvalue weighted by Crippen LogP contribution is 2.41. The zero-order valence-corrected chi connectivity index (χ0v) is 20.5. The van der Waals surface area contributed by atoms with E-state index in [0.29, 0.717) is 34.3 Å². The van der Waals surface area contributed by atoms with Gasteiger partial charge in [0, 0.05) is 12.1 Å². The van der Waals surface area contributed by atoms with Crippen molar-refractivity contribution in [2.24, 2.45) is 5.92 Å². The van der Waals surface area contributed by atoms with Gasteiger partial charge in [0.15, 0.2) is 5.13 Å². The lowest BCUT2D eigenvalue weighted by Gasteiger charge is -2.40. The fourth-order valence-corrected chi connectivity index (χ4v) is 5.44. The summed E-state index contributed by atoms with van der Waals surface area (Å²) in [4.78, 5) is 32.9. The van der Waals surface area contributed by atoms with Crippen molar-refractivity contribution in [1.29, 1.82) is 0 Å². The molecular formula is C27H24FN3O4S. The van der Waals surface area contributed by atoms with E-state index in [1.54, 1.807) is 55.5 Å². The molecule has 0 saturated carbocycles. The van der Waals surface area contributed by atoms with Crippen molar-refractivity contribution in [1.82, 2.24) is 4.98 Å². The van der Waals surface area contributed by atoms with E-state index in [4.69, 9.17) is 9.47 Å². The van der Waals surface area contributed by atoms with Gasteiger partial charge in [-0.15, -0.1) is 0 Å². The predicted octanol–water partition coefficient (Wildman–Crippen LogP) is 5.58. The fourth-order valence-electron chi connectivity index (χ4n) is 4.54. The summed E-state index contributed by atoms with van der Waals surface area (Å²) in [5.74, 6) is 0.0520. The monoisotopic (exact) mass is 505 g/mol. The van der Waals surface area contributed by atoms with Crippen LogP contribution in [0.2, 0.25) is 0 Å². The zero-order valence-electron chi connectivity index (χ0n) is 19.7. The van der Waals surface area contributed by atoms with Gasteiger partial charge in [-0.1, -0.05) is 23.5 Å². The molecule has 1 aromatic heterocycles. The van der Waals surface area contributed by atoms with Crippen molar-refractivity contribution in [2.75, 3.05) is 24.4 Å². The molecule has 0 spiro atoms. The molecule has 7 nitrogen and oxygen atoms in total. The van der Waals surface area contributed by atoms with Crippen LogP contribution in [0, 0.1) is 11.7 Å². The highest BCUT2D eigenvalue weighted by molar-refractivity contribution is 7.22. The fraction of sp³-hybridized carbons (Fsp3) is 0.222. The molecule has 0 bridgehead atoms. The van der Waals surface area contributed by atoms with Gasteiger partial charge in [0.05, 0.1) is 36.4 Å². The van der Waals surface area contributed by atoms with Gasteiger partial charge in [0.25, 0.3) is 0 Å². The van der Waals surface area contributed by atoms with Crippen molar-refractivity contribution >= 4 is 44.2 Å². The number of fused-ring (bicyclic) bond motifs is 1. The molecule has 0 unspecified atom stereocenters. The van der Waals surface area contributed by atoms with Crippen molar-refractivity contribution in [2.45, 2.75) is 18.9 Å². The van der Waals surface area contributed by atoms with E-state index in [9.17, 15) is 14.0 Å². The van der Waals surface area contributed by atoms with Gasteiger partial charge in [0.1, 0.15) is 17.3 Å².